The minimum atomic E-state index is 0.408. The van der Waals surface area contributed by atoms with Crippen LogP contribution in [0.5, 0.6) is 0 Å². The number of anilines is 1. The molecule has 0 atom stereocenters. The first-order valence-electron chi connectivity index (χ1n) is 6.22. The number of hydrogen-bond donors (Lipinski definition) is 1. The maximum Gasteiger partial charge on any atom is 0.202 e. The van der Waals surface area contributed by atoms with Crippen LogP contribution in [0.4, 0.5) is 5.13 Å². The van der Waals surface area contributed by atoms with E-state index in [1.807, 2.05) is 0 Å². The standard InChI is InChI=1S/C12H21N3OS/c1-9(2)10-14-11(17-15-10)13-8-12(4-5-12)6-7-16-3/h9H,4-8H2,1-3H3,(H,13,14,15). The predicted octanol–water partition coefficient (Wildman–Crippen LogP) is 2.89. The lowest BCUT2D eigenvalue weighted by atomic mass is 10.0. The zero-order valence-corrected chi connectivity index (χ0v) is 11.6. The van der Waals surface area contributed by atoms with E-state index < -0.39 is 0 Å². The van der Waals surface area contributed by atoms with Crippen molar-refractivity contribution in [3.63, 3.8) is 0 Å². The molecule has 0 spiro atoms. The summed E-state index contributed by atoms with van der Waals surface area (Å²) in [6.07, 6.45) is 3.75. The van der Waals surface area contributed by atoms with Gasteiger partial charge in [0.25, 0.3) is 0 Å². The third-order valence-corrected chi connectivity index (χ3v) is 4.05. The van der Waals surface area contributed by atoms with E-state index in [1.165, 1.54) is 24.4 Å². The Bertz CT molecular complexity index is 360. The van der Waals surface area contributed by atoms with E-state index in [9.17, 15) is 0 Å². The highest BCUT2D eigenvalue weighted by atomic mass is 32.1. The molecule has 1 aliphatic carbocycles. The molecule has 0 aliphatic heterocycles. The average molecular weight is 255 g/mol. The summed E-state index contributed by atoms with van der Waals surface area (Å²) in [7, 11) is 1.77. The Morgan fingerprint density at radius 1 is 1.47 bits per heavy atom. The molecule has 0 aromatic carbocycles. The van der Waals surface area contributed by atoms with Crippen LogP contribution in [0.25, 0.3) is 0 Å². The van der Waals surface area contributed by atoms with Crippen LogP contribution in [0.15, 0.2) is 0 Å². The van der Waals surface area contributed by atoms with Crippen LogP contribution in [0.3, 0.4) is 0 Å². The quantitative estimate of drug-likeness (QED) is 0.814. The van der Waals surface area contributed by atoms with Gasteiger partial charge in [-0.2, -0.15) is 4.37 Å². The smallest absolute Gasteiger partial charge is 0.202 e. The third-order valence-electron chi connectivity index (χ3n) is 3.37. The molecule has 1 heterocycles. The number of hydrogen-bond acceptors (Lipinski definition) is 5. The van der Waals surface area contributed by atoms with E-state index in [2.05, 4.69) is 28.5 Å². The summed E-state index contributed by atoms with van der Waals surface area (Å²) in [5.41, 5.74) is 0.458. The fourth-order valence-electron chi connectivity index (χ4n) is 1.81. The van der Waals surface area contributed by atoms with Gasteiger partial charge >= 0.3 is 0 Å². The van der Waals surface area contributed by atoms with Crippen molar-refractivity contribution in [3.8, 4) is 0 Å². The van der Waals surface area contributed by atoms with Gasteiger partial charge in [-0.1, -0.05) is 13.8 Å². The van der Waals surface area contributed by atoms with Gasteiger partial charge in [-0.15, -0.1) is 0 Å². The molecular formula is C12H21N3OS. The summed E-state index contributed by atoms with van der Waals surface area (Å²) >= 11 is 1.47. The second-order valence-corrected chi connectivity index (χ2v) is 5.96. The zero-order chi connectivity index (χ0) is 12.3. The second kappa shape index (κ2) is 5.31. The molecule has 0 amide bonds. The minimum absolute atomic E-state index is 0.408. The van der Waals surface area contributed by atoms with Crippen LogP contribution >= 0.6 is 11.5 Å². The second-order valence-electron chi connectivity index (χ2n) is 5.21. The van der Waals surface area contributed by atoms with Crippen LogP contribution in [0, 0.1) is 5.41 Å². The molecule has 2 rings (SSSR count). The van der Waals surface area contributed by atoms with Crippen molar-refractivity contribution in [1.82, 2.24) is 9.36 Å². The molecule has 5 heteroatoms. The molecule has 4 nitrogen and oxygen atoms in total. The summed E-state index contributed by atoms with van der Waals surface area (Å²) in [4.78, 5) is 4.49. The Hall–Kier alpha value is -0.680. The van der Waals surface area contributed by atoms with Gasteiger partial charge in [-0.3, -0.25) is 0 Å². The van der Waals surface area contributed by atoms with Crippen molar-refractivity contribution >= 4 is 16.7 Å². The highest BCUT2D eigenvalue weighted by molar-refractivity contribution is 7.09. The van der Waals surface area contributed by atoms with Gasteiger partial charge in [0.15, 0.2) is 0 Å². The Morgan fingerprint density at radius 3 is 2.76 bits per heavy atom. The highest BCUT2D eigenvalue weighted by Gasteiger charge is 2.41. The third kappa shape index (κ3) is 3.39. The molecule has 1 aliphatic rings. The maximum atomic E-state index is 5.15. The summed E-state index contributed by atoms with van der Waals surface area (Å²) in [5, 5.41) is 4.38. The van der Waals surface area contributed by atoms with Crippen molar-refractivity contribution in [3.05, 3.63) is 5.82 Å². The van der Waals surface area contributed by atoms with E-state index in [1.54, 1.807) is 7.11 Å². The van der Waals surface area contributed by atoms with Crippen molar-refractivity contribution in [2.24, 2.45) is 5.41 Å². The van der Waals surface area contributed by atoms with E-state index in [4.69, 9.17) is 4.74 Å². The summed E-state index contributed by atoms with van der Waals surface area (Å²) in [6.45, 7) is 6.09. The molecule has 1 N–H and O–H groups in total. The lowest BCUT2D eigenvalue weighted by Crippen LogP contribution is -2.17. The molecule has 0 saturated heterocycles. The topological polar surface area (TPSA) is 47.0 Å². The zero-order valence-electron chi connectivity index (χ0n) is 10.8. The fourth-order valence-corrected chi connectivity index (χ4v) is 2.52. The van der Waals surface area contributed by atoms with E-state index in [-0.39, 0.29) is 0 Å². The van der Waals surface area contributed by atoms with Crippen LogP contribution in [-0.4, -0.2) is 29.6 Å². The fraction of sp³-hybridized carbons (Fsp3) is 0.833. The van der Waals surface area contributed by atoms with Crippen molar-refractivity contribution in [2.75, 3.05) is 25.6 Å². The average Bonchev–Trinajstić information content (AvgIpc) is 2.91. The molecule has 1 aromatic rings. The van der Waals surface area contributed by atoms with Gasteiger partial charge in [0.05, 0.1) is 0 Å². The van der Waals surface area contributed by atoms with Gasteiger partial charge in [0, 0.05) is 37.7 Å². The van der Waals surface area contributed by atoms with Gasteiger partial charge < -0.3 is 10.1 Å². The number of aromatic nitrogens is 2. The Labute approximate surface area is 107 Å². The number of ether oxygens (including phenoxy) is 1. The molecule has 0 unspecified atom stereocenters. The monoisotopic (exact) mass is 255 g/mol. The largest absolute Gasteiger partial charge is 0.385 e. The molecule has 1 aromatic heterocycles. The number of nitrogens with zero attached hydrogens (tertiary/aromatic N) is 2. The van der Waals surface area contributed by atoms with E-state index in [0.29, 0.717) is 11.3 Å². The summed E-state index contributed by atoms with van der Waals surface area (Å²) in [5.74, 6) is 1.35. The lowest BCUT2D eigenvalue weighted by molar-refractivity contribution is 0.175. The van der Waals surface area contributed by atoms with Crippen molar-refractivity contribution in [1.29, 1.82) is 0 Å². The predicted molar refractivity (Wildman–Crippen MR) is 70.6 cm³/mol. The first-order valence-corrected chi connectivity index (χ1v) is 6.99. The molecule has 1 saturated carbocycles. The van der Waals surface area contributed by atoms with Gasteiger partial charge in [0.1, 0.15) is 5.82 Å². The molecule has 1 fully saturated rings. The van der Waals surface area contributed by atoms with Gasteiger partial charge in [-0.25, -0.2) is 4.98 Å². The maximum absolute atomic E-state index is 5.15. The Balaban J connectivity index is 1.81. The first kappa shape index (κ1) is 12.8. The molecule has 0 bridgehead atoms. The van der Waals surface area contributed by atoms with Gasteiger partial charge in [-0.05, 0) is 24.7 Å². The molecule has 17 heavy (non-hydrogen) atoms. The summed E-state index contributed by atoms with van der Waals surface area (Å²) < 4.78 is 9.49. The van der Waals surface area contributed by atoms with Crippen molar-refractivity contribution in [2.45, 2.75) is 39.0 Å². The number of rotatable bonds is 7. The highest BCUT2D eigenvalue weighted by Crippen LogP contribution is 2.48. The van der Waals surface area contributed by atoms with Crippen LogP contribution in [0.1, 0.15) is 44.9 Å². The van der Waals surface area contributed by atoms with E-state index >= 15 is 0 Å². The summed E-state index contributed by atoms with van der Waals surface area (Å²) in [6, 6.07) is 0. The van der Waals surface area contributed by atoms with Crippen LogP contribution in [-0.2, 0) is 4.74 Å². The SMILES string of the molecule is COCCC1(CNc2nc(C(C)C)ns2)CC1. The first-order chi connectivity index (χ1) is 8.15. The minimum Gasteiger partial charge on any atom is -0.385 e. The normalized spacial score (nSPS) is 17.4. The van der Waals surface area contributed by atoms with Crippen molar-refractivity contribution < 1.29 is 4.74 Å². The Morgan fingerprint density at radius 2 is 2.24 bits per heavy atom. The number of nitrogens with one attached hydrogen (secondary N) is 1. The van der Waals surface area contributed by atoms with Crippen LogP contribution in [0.2, 0.25) is 0 Å². The number of methoxy groups -OCH3 is 1. The molecule has 0 radical (unpaired) electrons. The molecule has 96 valence electrons. The van der Waals surface area contributed by atoms with E-state index in [0.717, 1.165) is 30.5 Å². The van der Waals surface area contributed by atoms with Gasteiger partial charge in [0.2, 0.25) is 5.13 Å². The lowest BCUT2D eigenvalue weighted by Gasteiger charge is -2.14. The molecular weight excluding hydrogens is 234 g/mol. The van der Waals surface area contributed by atoms with Crippen LogP contribution < -0.4 is 5.32 Å². The Kier molecular flexibility index (Phi) is 3.99.